The Hall–Kier alpha value is -1.56. The molecule has 0 amide bonds. The summed E-state index contributed by atoms with van der Waals surface area (Å²) in [6, 6.07) is 0. The average Bonchev–Trinajstić information content (AvgIpc) is 3.01. The average molecular weight is 362 g/mol. The molecule has 26 heavy (non-hydrogen) atoms. The number of nitrogens with zero attached hydrogens (tertiary/aromatic N) is 4. The molecule has 1 saturated heterocycles. The van der Waals surface area contributed by atoms with E-state index in [1.165, 1.54) is 24.4 Å². The molecule has 0 bridgehead atoms. The highest BCUT2D eigenvalue weighted by Crippen LogP contribution is 2.20. The number of guanidine groups is 1. The van der Waals surface area contributed by atoms with Crippen molar-refractivity contribution in [2.45, 2.75) is 77.5 Å². The third-order valence-electron chi connectivity index (χ3n) is 5.10. The van der Waals surface area contributed by atoms with Gasteiger partial charge in [0.1, 0.15) is 5.82 Å². The summed E-state index contributed by atoms with van der Waals surface area (Å²) in [5, 5.41) is 3.52. The quantitative estimate of drug-likeness (QED) is 0.662. The van der Waals surface area contributed by atoms with E-state index in [-0.39, 0.29) is 5.60 Å². The number of imidazole rings is 1. The lowest BCUT2D eigenvalue weighted by Gasteiger charge is -2.36. The number of hydrogen-bond donors (Lipinski definition) is 1. The molecule has 0 aliphatic carbocycles. The van der Waals surface area contributed by atoms with Gasteiger partial charge in [-0.05, 0) is 46.5 Å². The number of ether oxygens (including phenoxy) is 1. The van der Waals surface area contributed by atoms with Crippen LogP contribution in [0.25, 0.3) is 0 Å². The molecule has 1 fully saturated rings. The van der Waals surface area contributed by atoms with Gasteiger partial charge in [0.2, 0.25) is 0 Å². The molecule has 0 unspecified atom stereocenters. The molecule has 0 radical (unpaired) electrons. The first kappa shape index (κ1) is 19.2. The van der Waals surface area contributed by atoms with Crippen LogP contribution in [0, 0.1) is 0 Å². The van der Waals surface area contributed by atoms with E-state index in [2.05, 4.69) is 46.7 Å². The van der Waals surface area contributed by atoms with E-state index in [1.54, 1.807) is 0 Å². The number of aryl methyl sites for hydroxylation is 2. The molecule has 3 rings (SSSR count). The topological polar surface area (TPSA) is 54.7 Å². The Bertz CT molecular complexity index is 585. The van der Waals surface area contributed by atoms with Gasteiger partial charge in [-0.1, -0.05) is 0 Å². The molecule has 3 heterocycles. The molecule has 0 aromatic carbocycles. The molecule has 6 heteroatoms. The molecule has 146 valence electrons. The normalized spacial score (nSPS) is 19.5. The smallest absolute Gasteiger partial charge is 0.193 e. The molecular weight excluding hydrogens is 326 g/mol. The first-order valence-electron chi connectivity index (χ1n) is 10.1. The lowest BCUT2D eigenvalue weighted by molar-refractivity contribution is -0.0772. The molecular formula is C20H35N5O. The predicted octanol–water partition coefficient (Wildman–Crippen LogP) is 2.62. The lowest BCUT2D eigenvalue weighted by Crippen LogP contribution is -2.48. The molecule has 2 aliphatic rings. The fourth-order valence-electron chi connectivity index (χ4n) is 3.91. The molecule has 0 spiro atoms. The van der Waals surface area contributed by atoms with Crippen molar-refractivity contribution in [1.29, 1.82) is 0 Å². The van der Waals surface area contributed by atoms with Gasteiger partial charge in [0.25, 0.3) is 0 Å². The summed E-state index contributed by atoms with van der Waals surface area (Å²) in [5.41, 5.74) is 1.14. The highest BCUT2D eigenvalue weighted by Gasteiger charge is 2.25. The second kappa shape index (κ2) is 8.42. The van der Waals surface area contributed by atoms with Gasteiger partial charge in [-0.25, -0.2) is 4.98 Å². The summed E-state index contributed by atoms with van der Waals surface area (Å²) in [6.45, 7) is 10.4. The van der Waals surface area contributed by atoms with E-state index in [4.69, 9.17) is 9.72 Å². The van der Waals surface area contributed by atoms with E-state index < -0.39 is 0 Å². The summed E-state index contributed by atoms with van der Waals surface area (Å²) >= 11 is 0. The Morgan fingerprint density at radius 2 is 2.04 bits per heavy atom. The number of aromatic nitrogens is 2. The Morgan fingerprint density at radius 3 is 2.69 bits per heavy atom. The number of piperidine rings is 1. The minimum absolute atomic E-state index is 0.0590. The molecule has 6 nitrogen and oxygen atoms in total. The minimum Gasteiger partial charge on any atom is -0.372 e. The largest absolute Gasteiger partial charge is 0.372 e. The van der Waals surface area contributed by atoms with Crippen LogP contribution in [0.1, 0.15) is 58.0 Å². The maximum atomic E-state index is 6.12. The van der Waals surface area contributed by atoms with Crippen molar-refractivity contribution in [3.63, 3.8) is 0 Å². The summed E-state index contributed by atoms with van der Waals surface area (Å²) in [5.74, 6) is 2.26. The Morgan fingerprint density at radius 1 is 1.27 bits per heavy atom. The van der Waals surface area contributed by atoms with Crippen molar-refractivity contribution < 1.29 is 4.74 Å². The molecule has 1 aromatic rings. The van der Waals surface area contributed by atoms with Crippen LogP contribution in [0.4, 0.5) is 0 Å². The van der Waals surface area contributed by atoms with Crippen LogP contribution in [-0.2, 0) is 24.1 Å². The fraction of sp³-hybridized carbons (Fsp3) is 0.800. The third kappa shape index (κ3) is 5.22. The van der Waals surface area contributed by atoms with Crippen molar-refractivity contribution in [3.05, 3.63) is 17.7 Å². The molecule has 0 saturated carbocycles. The number of aliphatic imine (C=N–C) groups is 1. The number of likely N-dealkylation sites (tertiary alicyclic amines) is 1. The fourth-order valence-corrected chi connectivity index (χ4v) is 3.91. The summed E-state index contributed by atoms with van der Waals surface area (Å²) in [6.07, 6.45) is 9.34. The van der Waals surface area contributed by atoms with Gasteiger partial charge >= 0.3 is 0 Å². The van der Waals surface area contributed by atoms with Crippen LogP contribution in [0.3, 0.4) is 0 Å². The van der Waals surface area contributed by atoms with Crippen LogP contribution in [0.2, 0.25) is 0 Å². The number of hydrogen-bond acceptors (Lipinski definition) is 3. The van der Waals surface area contributed by atoms with Crippen molar-refractivity contribution in [1.82, 2.24) is 19.8 Å². The summed E-state index contributed by atoms with van der Waals surface area (Å²) in [7, 11) is 1.87. The Balaban J connectivity index is 1.43. The summed E-state index contributed by atoms with van der Waals surface area (Å²) in [4.78, 5) is 11.6. The zero-order valence-corrected chi connectivity index (χ0v) is 16.9. The highest BCUT2D eigenvalue weighted by atomic mass is 16.5. The van der Waals surface area contributed by atoms with Crippen molar-refractivity contribution >= 4 is 5.96 Å². The van der Waals surface area contributed by atoms with Crippen LogP contribution < -0.4 is 5.32 Å². The van der Waals surface area contributed by atoms with Crippen LogP contribution >= 0.6 is 0 Å². The zero-order chi connectivity index (χ0) is 18.6. The predicted molar refractivity (Wildman–Crippen MR) is 106 cm³/mol. The lowest BCUT2D eigenvalue weighted by atomic mass is 10.1. The van der Waals surface area contributed by atoms with E-state index in [0.29, 0.717) is 6.10 Å². The van der Waals surface area contributed by atoms with Crippen molar-refractivity contribution in [2.75, 3.05) is 26.7 Å². The van der Waals surface area contributed by atoms with E-state index in [1.807, 2.05) is 7.05 Å². The van der Waals surface area contributed by atoms with Gasteiger partial charge in [-0.15, -0.1) is 0 Å². The SMILES string of the molecule is CN=C(NCCc1cn2c(n1)CCCC2)N1CCC(OC(C)(C)C)CC1. The Kier molecular flexibility index (Phi) is 6.22. The second-order valence-corrected chi connectivity index (χ2v) is 8.44. The van der Waals surface area contributed by atoms with Crippen LogP contribution in [0.15, 0.2) is 11.2 Å². The number of fused-ring (bicyclic) bond motifs is 1. The standard InChI is InChI=1S/C20H35N5O/c1-20(2,3)26-17-9-13-24(14-10-17)19(21-4)22-11-8-16-15-25-12-6-5-7-18(25)23-16/h15,17H,5-14H2,1-4H3,(H,21,22). The van der Waals surface area contributed by atoms with E-state index >= 15 is 0 Å². The minimum atomic E-state index is -0.0590. The van der Waals surface area contributed by atoms with Crippen molar-refractivity contribution in [2.24, 2.45) is 4.99 Å². The number of rotatable bonds is 4. The Labute approximate surface area is 158 Å². The first-order valence-corrected chi connectivity index (χ1v) is 10.1. The maximum absolute atomic E-state index is 6.12. The van der Waals surface area contributed by atoms with Gasteiger partial charge in [-0.3, -0.25) is 4.99 Å². The third-order valence-corrected chi connectivity index (χ3v) is 5.10. The molecule has 1 aromatic heterocycles. The first-order chi connectivity index (χ1) is 12.4. The van der Waals surface area contributed by atoms with Gasteiger partial charge < -0.3 is 19.5 Å². The van der Waals surface area contributed by atoms with Crippen molar-refractivity contribution in [3.8, 4) is 0 Å². The number of nitrogens with one attached hydrogen (secondary N) is 1. The van der Waals surface area contributed by atoms with Gasteiger partial charge in [-0.2, -0.15) is 0 Å². The highest BCUT2D eigenvalue weighted by molar-refractivity contribution is 5.79. The van der Waals surface area contributed by atoms with Gasteiger partial charge in [0, 0.05) is 52.3 Å². The zero-order valence-electron chi connectivity index (χ0n) is 16.9. The van der Waals surface area contributed by atoms with Crippen LogP contribution in [0.5, 0.6) is 0 Å². The summed E-state index contributed by atoms with van der Waals surface area (Å²) < 4.78 is 8.45. The van der Waals surface area contributed by atoms with Gasteiger partial charge in [0.05, 0.1) is 17.4 Å². The van der Waals surface area contributed by atoms with E-state index in [9.17, 15) is 0 Å². The van der Waals surface area contributed by atoms with E-state index in [0.717, 1.165) is 57.8 Å². The molecule has 1 N–H and O–H groups in total. The molecule has 2 aliphatic heterocycles. The molecule has 0 atom stereocenters. The van der Waals surface area contributed by atoms with Crippen LogP contribution in [-0.4, -0.2) is 58.8 Å². The second-order valence-electron chi connectivity index (χ2n) is 8.44. The maximum Gasteiger partial charge on any atom is 0.193 e. The van der Waals surface area contributed by atoms with Gasteiger partial charge in [0.15, 0.2) is 5.96 Å². The monoisotopic (exact) mass is 361 g/mol.